The topological polar surface area (TPSA) is 76.7 Å². The number of methoxy groups -OCH3 is 1. The first-order valence-corrected chi connectivity index (χ1v) is 5.74. The molecule has 0 bridgehead atoms. The highest BCUT2D eigenvalue weighted by atomic mass is 127. The van der Waals surface area contributed by atoms with Gasteiger partial charge in [0.1, 0.15) is 0 Å². The summed E-state index contributed by atoms with van der Waals surface area (Å²) in [5, 5.41) is 2.96. The van der Waals surface area contributed by atoms with E-state index in [1.165, 1.54) is 12.7 Å². The number of nitrogens with one attached hydrogen (secondary N) is 1. The van der Waals surface area contributed by atoms with Gasteiger partial charge in [-0.05, 0) is 19.1 Å². The highest BCUT2D eigenvalue weighted by molar-refractivity contribution is 14.0. The molecule has 0 saturated carbocycles. The molecule has 5 nitrogen and oxygen atoms in total. The van der Waals surface area contributed by atoms with E-state index in [2.05, 4.69) is 15.0 Å². The number of carbonyl (C=O) groups is 1. The summed E-state index contributed by atoms with van der Waals surface area (Å²) in [6.07, 6.45) is 0. The summed E-state index contributed by atoms with van der Waals surface area (Å²) >= 11 is 0. The number of nitrogens with zero attached hydrogens (tertiary/aromatic N) is 1. The van der Waals surface area contributed by atoms with Crippen molar-refractivity contribution in [2.45, 2.75) is 13.8 Å². The number of guanidine groups is 1. The van der Waals surface area contributed by atoms with Crippen molar-refractivity contribution < 1.29 is 9.53 Å². The molecule has 1 unspecified atom stereocenters. The van der Waals surface area contributed by atoms with Gasteiger partial charge in [0, 0.05) is 5.69 Å². The number of aliphatic imine (C=N–C) groups is 1. The minimum atomic E-state index is -0.298. The van der Waals surface area contributed by atoms with Crippen LogP contribution in [-0.2, 0) is 9.53 Å². The fraction of sp³-hybridized carbons (Fsp3) is 0.385. The lowest BCUT2D eigenvalue weighted by Crippen LogP contribution is -2.25. The number of hydrogen-bond donors (Lipinski definition) is 2. The number of rotatable bonds is 4. The number of anilines is 1. The van der Waals surface area contributed by atoms with Gasteiger partial charge in [0.25, 0.3) is 0 Å². The molecule has 19 heavy (non-hydrogen) atoms. The second-order valence-corrected chi connectivity index (χ2v) is 4.14. The molecule has 0 aliphatic rings. The third-order valence-electron chi connectivity index (χ3n) is 2.46. The maximum Gasteiger partial charge on any atom is 0.310 e. The molecule has 0 aromatic heterocycles. The van der Waals surface area contributed by atoms with Crippen LogP contribution in [0.1, 0.15) is 12.5 Å². The minimum Gasteiger partial charge on any atom is -0.469 e. The van der Waals surface area contributed by atoms with Crippen molar-refractivity contribution >= 4 is 41.6 Å². The van der Waals surface area contributed by atoms with Crippen LogP contribution in [0.25, 0.3) is 0 Å². The van der Waals surface area contributed by atoms with Gasteiger partial charge in [0.05, 0.1) is 19.6 Å². The van der Waals surface area contributed by atoms with Crippen LogP contribution < -0.4 is 11.1 Å². The lowest BCUT2D eigenvalue weighted by Gasteiger charge is -2.08. The molecule has 0 fully saturated rings. The van der Waals surface area contributed by atoms with Crippen LogP contribution in [0.5, 0.6) is 0 Å². The fourth-order valence-electron chi connectivity index (χ4n) is 1.34. The van der Waals surface area contributed by atoms with E-state index in [-0.39, 0.29) is 41.8 Å². The maximum absolute atomic E-state index is 11.2. The molecule has 6 heteroatoms. The Labute approximate surface area is 130 Å². The normalized spacial score (nSPS) is 12.3. The summed E-state index contributed by atoms with van der Waals surface area (Å²) < 4.78 is 4.61. The van der Waals surface area contributed by atoms with E-state index in [0.29, 0.717) is 6.54 Å². The van der Waals surface area contributed by atoms with Crippen molar-refractivity contribution in [2.75, 3.05) is 19.0 Å². The Morgan fingerprint density at radius 3 is 2.53 bits per heavy atom. The summed E-state index contributed by atoms with van der Waals surface area (Å²) in [7, 11) is 1.36. The number of ether oxygens (including phenoxy) is 1. The van der Waals surface area contributed by atoms with Crippen LogP contribution >= 0.6 is 24.0 Å². The second kappa shape index (κ2) is 8.73. The Morgan fingerprint density at radius 1 is 1.42 bits per heavy atom. The third kappa shape index (κ3) is 6.42. The van der Waals surface area contributed by atoms with E-state index in [0.717, 1.165) is 5.69 Å². The van der Waals surface area contributed by atoms with Gasteiger partial charge in [-0.2, -0.15) is 0 Å². The van der Waals surface area contributed by atoms with Gasteiger partial charge < -0.3 is 15.8 Å². The van der Waals surface area contributed by atoms with Crippen LogP contribution in [0.3, 0.4) is 0 Å². The smallest absolute Gasteiger partial charge is 0.310 e. The largest absolute Gasteiger partial charge is 0.469 e. The van der Waals surface area contributed by atoms with Crippen molar-refractivity contribution in [2.24, 2.45) is 16.6 Å². The van der Waals surface area contributed by atoms with Crippen LogP contribution in [0.15, 0.2) is 29.3 Å². The summed E-state index contributed by atoms with van der Waals surface area (Å²) in [6, 6.07) is 7.79. The van der Waals surface area contributed by atoms with E-state index in [1.54, 1.807) is 6.92 Å². The summed E-state index contributed by atoms with van der Waals surface area (Å²) in [5.41, 5.74) is 7.76. The summed E-state index contributed by atoms with van der Waals surface area (Å²) in [6.45, 7) is 4.06. The highest BCUT2D eigenvalue weighted by Gasteiger charge is 2.11. The van der Waals surface area contributed by atoms with Crippen LogP contribution in [0, 0.1) is 12.8 Å². The van der Waals surface area contributed by atoms with Crippen molar-refractivity contribution in [1.82, 2.24) is 0 Å². The predicted molar refractivity (Wildman–Crippen MR) is 87.9 cm³/mol. The van der Waals surface area contributed by atoms with Gasteiger partial charge in [-0.3, -0.25) is 9.79 Å². The Hall–Kier alpha value is -1.31. The quantitative estimate of drug-likeness (QED) is 0.365. The number of halogens is 1. The zero-order valence-corrected chi connectivity index (χ0v) is 13.7. The molecular weight excluding hydrogens is 357 g/mol. The van der Waals surface area contributed by atoms with Crippen molar-refractivity contribution in [3.63, 3.8) is 0 Å². The van der Waals surface area contributed by atoms with E-state index in [4.69, 9.17) is 5.73 Å². The molecule has 1 aromatic carbocycles. The van der Waals surface area contributed by atoms with E-state index >= 15 is 0 Å². The molecule has 0 saturated heterocycles. The first-order chi connectivity index (χ1) is 8.52. The first-order valence-electron chi connectivity index (χ1n) is 5.74. The molecule has 0 heterocycles. The fourth-order valence-corrected chi connectivity index (χ4v) is 1.34. The van der Waals surface area contributed by atoms with Gasteiger partial charge in [0.15, 0.2) is 5.96 Å². The van der Waals surface area contributed by atoms with Crippen molar-refractivity contribution in [3.8, 4) is 0 Å². The monoisotopic (exact) mass is 377 g/mol. The van der Waals surface area contributed by atoms with Gasteiger partial charge in [-0.25, -0.2) is 0 Å². The summed E-state index contributed by atoms with van der Waals surface area (Å²) in [5.74, 6) is -0.301. The van der Waals surface area contributed by atoms with Crippen LogP contribution in [0.4, 0.5) is 5.69 Å². The molecule has 0 spiro atoms. The van der Waals surface area contributed by atoms with Crippen LogP contribution in [-0.4, -0.2) is 25.6 Å². The Morgan fingerprint density at radius 2 is 2.00 bits per heavy atom. The lowest BCUT2D eigenvalue weighted by molar-refractivity contribution is -0.144. The number of carbonyl (C=O) groups excluding carboxylic acids is 1. The van der Waals surface area contributed by atoms with E-state index in [1.807, 2.05) is 31.2 Å². The van der Waals surface area contributed by atoms with Gasteiger partial charge in [0.2, 0.25) is 0 Å². The minimum absolute atomic E-state index is 0. The standard InChI is InChI=1S/C13H19N3O2.HI/c1-9-4-6-11(7-5-9)16-13(14)15-8-10(2)12(17)18-3;/h4-7,10H,8H2,1-3H3,(H3,14,15,16);1H. The first kappa shape index (κ1) is 17.7. The van der Waals surface area contributed by atoms with Gasteiger partial charge >= 0.3 is 5.97 Å². The van der Waals surface area contributed by atoms with Gasteiger partial charge in [-0.1, -0.05) is 24.6 Å². The van der Waals surface area contributed by atoms with Crippen LogP contribution in [0.2, 0.25) is 0 Å². The predicted octanol–water partition coefficient (Wildman–Crippen LogP) is 2.15. The molecule has 106 valence electrons. The molecule has 0 aliphatic heterocycles. The molecule has 0 radical (unpaired) electrons. The zero-order chi connectivity index (χ0) is 13.5. The molecule has 1 rings (SSSR count). The average Bonchev–Trinajstić information content (AvgIpc) is 2.37. The number of esters is 1. The molecule has 3 N–H and O–H groups in total. The third-order valence-corrected chi connectivity index (χ3v) is 2.46. The average molecular weight is 377 g/mol. The number of aryl methyl sites for hydroxylation is 1. The molecule has 0 amide bonds. The lowest BCUT2D eigenvalue weighted by atomic mass is 10.2. The van der Waals surface area contributed by atoms with Gasteiger partial charge in [-0.15, -0.1) is 24.0 Å². The molecular formula is C13H20IN3O2. The van der Waals surface area contributed by atoms with Crippen molar-refractivity contribution in [3.05, 3.63) is 29.8 Å². The van der Waals surface area contributed by atoms with Crippen molar-refractivity contribution in [1.29, 1.82) is 0 Å². The van der Waals surface area contributed by atoms with E-state index in [9.17, 15) is 4.79 Å². The Kier molecular flexibility index (Phi) is 8.13. The number of hydrogen-bond acceptors (Lipinski definition) is 3. The molecule has 1 atom stereocenters. The zero-order valence-electron chi connectivity index (χ0n) is 11.3. The number of benzene rings is 1. The summed E-state index contributed by atoms with van der Waals surface area (Å²) in [4.78, 5) is 15.3. The second-order valence-electron chi connectivity index (χ2n) is 4.14. The van der Waals surface area contributed by atoms with E-state index < -0.39 is 0 Å². The molecule has 1 aromatic rings. The Bertz CT molecular complexity index is 432. The highest BCUT2D eigenvalue weighted by Crippen LogP contribution is 2.08. The number of nitrogens with two attached hydrogens (primary N) is 1. The molecule has 0 aliphatic carbocycles. The maximum atomic E-state index is 11.2. The Balaban J connectivity index is 0.00000324. The SMILES string of the molecule is COC(=O)C(C)CN=C(N)Nc1ccc(C)cc1.I.